The van der Waals surface area contributed by atoms with Gasteiger partial charge in [0.1, 0.15) is 0 Å². The van der Waals surface area contributed by atoms with Crippen LogP contribution in [0.4, 0.5) is 0 Å². The molecule has 2 atom stereocenters. The average Bonchev–Trinajstić information content (AvgIpc) is 2.69. The molecule has 0 aromatic carbocycles. The Morgan fingerprint density at radius 2 is 2.33 bits per heavy atom. The zero-order chi connectivity index (χ0) is 11.3. The third-order valence-corrected chi connectivity index (χ3v) is 2.95. The van der Waals surface area contributed by atoms with Gasteiger partial charge in [0.15, 0.2) is 0 Å². The van der Waals surface area contributed by atoms with Gasteiger partial charge in [0.2, 0.25) is 5.91 Å². The first-order valence-electron chi connectivity index (χ1n) is 5.79. The van der Waals surface area contributed by atoms with Gasteiger partial charge in [-0.1, -0.05) is 13.8 Å². The van der Waals surface area contributed by atoms with E-state index in [1.54, 1.807) is 0 Å². The van der Waals surface area contributed by atoms with E-state index in [-0.39, 0.29) is 24.6 Å². The van der Waals surface area contributed by atoms with E-state index in [4.69, 9.17) is 5.11 Å². The highest BCUT2D eigenvalue weighted by Gasteiger charge is 2.24. The van der Waals surface area contributed by atoms with E-state index in [1.165, 1.54) is 0 Å². The molecule has 1 fully saturated rings. The second kappa shape index (κ2) is 6.08. The first-order chi connectivity index (χ1) is 7.15. The van der Waals surface area contributed by atoms with Gasteiger partial charge >= 0.3 is 0 Å². The quantitative estimate of drug-likeness (QED) is 0.615. The van der Waals surface area contributed by atoms with Crippen LogP contribution in [0, 0.1) is 5.92 Å². The van der Waals surface area contributed by atoms with Crippen molar-refractivity contribution in [2.45, 2.75) is 45.2 Å². The summed E-state index contributed by atoms with van der Waals surface area (Å²) in [6, 6.07) is 0.0647. The lowest BCUT2D eigenvalue weighted by atomic mass is 10.0. The Morgan fingerprint density at radius 1 is 1.60 bits per heavy atom. The highest BCUT2D eigenvalue weighted by atomic mass is 16.3. The van der Waals surface area contributed by atoms with Gasteiger partial charge in [0, 0.05) is 12.6 Å². The van der Waals surface area contributed by atoms with Crippen LogP contribution in [-0.4, -0.2) is 36.2 Å². The molecule has 0 aliphatic carbocycles. The van der Waals surface area contributed by atoms with Crippen molar-refractivity contribution in [1.29, 1.82) is 0 Å². The smallest absolute Gasteiger partial charge is 0.237 e. The maximum atomic E-state index is 11.8. The largest absolute Gasteiger partial charge is 0.396 e. The summed E-state index contributed by atoms with van der Waals surface area (Å²) in [4.78, 5) is 11.8. The molecule has 0 saturated carbocycles. The third-order valence-electron chi connectivity index (χ3n) is 2.95. The van der Waals surface area contributed by atoms with Crippen LogP contribution in [0.15, 0.2) is 0 Å². The lowest BCUT2D eigenvalue weighted by molar-refractivity contribution is -0.123. The molecule has 4 nitrogen and oxygen atoms in total. The van der Waals surface area contributed by atoms with E-state index in [2.05, 4.69) is 24.5 Å². The number of aliphatic hydroxyl groups is 1. The zero-order valence-electron chi connectivity index (χ0n) is 9.62. The summed E-state index contributed by atoms with van der Waals surface area (Å²) in [6.45, 7) is 5.18. The van der Waals surface area contributed by atoms with Gasteiger partial charge in [-0.15, -0.1) is 0 Å². The molecule has 0 aromatic rings. The number of hydrogen-bond donors (Lipinski definition) is 3. The molecule has 1 heterocycles. The van der Waals surface area contributed by atoms with Crippen molar-refractivity contribution in [3.05, 3.63) is 0 Å². The Balaban J connectivity index is 2.38. The molecule has 1 aliphatic rings. The average molecular weight is 214 g/mol. The molecular formula is C11H22N2O2. The molecule has 3 N–H and O–H groups in total. The highest BCUT2D eigenvalue weighted by Crippen LogP contribution is 2.09. The van der Waals surface area contributed by atoms with Crippen molar-refractivity contribution in [1.82, 2.24) is 10.6 Å². The number of amides is 1. The van der Waals surface area contributed by atoms with Crippen molar-refractivity contribution < 1.29 is 9.90 Å². The minimum absolute atomic E-state index is 0.0232. The number of hydrogen-bond acceptors (Lipinski definition) is 3. The molecule has 1 unspecified atom stereocenters. The van der Waals surface area contributed by atoms with Crippen molar-refractivity contribution >= 4 is 5.91 Å². The summed E-state index contributed by atoms with van der Waals surface area (Å²) in [6.07, 6.45) is 2.64. The van der Waals surface area contributed by atoms with Crippen LogP contribution in [0.3, 0.4) is 0 Å². The van der Waals surface area contributed by atoms with Crippen LogP contribution in [0.5, 0.6) is 0 Å². The summed E-state index contributed by atoms with van der Waals surface area (Å²) in [7, 11) is 0. The maximum absolute atomic E-state index is 11.8. The Bertz CT molecular complexity index is 201. The van der Waals surface area contributed by atoms with Gasteiger partial charge in [-0.25, -0.2) is 0 Å². The predicted octanol–water partition coefficient (Wildman–Crippen LogP) is 0.262. The first-order valence-corrected chi connectivity index (χ1v) is 5.79. The summed E-state index contributed by atoms with van der Waals surface area (Å²) < 4.78 is 0. The number of rotatable bonds is 5. The number of aliphatic hydroxyl groups excluding tert-OH is 1. The fourth-order valence-electron chi connectivity index (χ4n) is 1.90. The summed E-state index contributed by atoms with van der Waals surface area (Å²) in [5, 5.41) is 15.1. The van der Waals surface area contributed by atoms with Gasteiger partial charge < -0.3 is 15.7 Å². The highest BCUT2D eigenvalue weighted by molar-refractivity contribution is 5.82. The molecule has 4 heteroatoms. The van der Waals surface area contributed by atoms with E-state index in [9.17, 15) is 4.79 Å². The Hall–Kier alpha value is -0.610. The van der Waals surface area contributed by atoms with Gasteiger partial charge in [-0.05, 0) is 31.7 Å². The van der Waals surface area contributed by atoms with Gasteiger partial charge in [0.25, 0.3) is 0 Å². The third kappa shape index (κ3) is 3.80. The molecule has 1 aliphatic heterocycles. The molecule has 1 saturated heterocycles. The number of nitrogens with one attached hydrogen (secondary N) is 2. The molecule has 15 heavy (non-hydrogen) atoms. The van der Waals surface area contributed by atoms with Crippen molar-refractivity contribution in [3.8, 4) is 0 Å². The molecule has 0 bridgehead atoms. The van der Waals surface area contributed by atoms with Crippen molar-refractivity contribution in [2.75, 3.05) is 13.2 Å². The Morgan fingerprint density at radius 3 is 2.80 bits per heavy atom. The van der Waals surface area contributed by atoms with Crippen molar-refractivity contribution in [2.24, 2.45) is 5.92 Å². The summed E-state index contributed by atoms with van der Waals surface area (Å²) in [5.74, 6) is 0.446. The molecular weight excluding hydrogens is 192 g/mol. The molecule has 0 radical (unpaired) electrons. The van der Waals surface area contributed by atoms with Crippen LogP contribution >= 0.6 is 0 Å². The van der Waals surface area contributed by atoms with Crippen LogP contribution in [0.2, 0.25) is 0 Å². The van der Waals surface area contributed by atoms with Gasteiger partial charge in [-0.3, -0.25) is 4.79 Å². The standard InChI is InChI=1S/C11H22N2O2/c1-8(2)9(5-7-14)13-11(15)10-4-3-6-12-10/h8-10,12,14H,3-7H2,1-2H3,(H,13,15)/t9?,10-/m0/s1. The molecule has 1 rings (SSSR count). The van der Waals surface area contributed by atoms with E-state index >= 15 is 0 Å². The summed E-state index contributed by atoms with van der Waals surface area (Å²) >= 11 is 0. The second-order valence-corrected chi connectivity index (χ2v) is 4.52. The Kier molecular flexibility index (Phi) is 5.05. The maximum Gasteiger partial charge on any atom is 0.237 e. The van der Waals surface area contributed by atoms with Crippen LogP contribution < -0.4 is 10.6 Å². The molecule has 0 aromatic heterocycles. The number of carbonyl (C=O) groups is 1. The van der Waals surface area contributed by atoms with Crippen LogP contribution in [0.25, 0.3) is 0 Å². The fraction of sp³-hybridized carbons (Fsp3) is 0.909. The minimum atomic E-state index is -0.0232. The van der Waals surface area contributed by atoms with Crippen molar-refractivity contribution in [3.63, 3.8) is 0 Å². The minimum Gasteiger partial charge on any atom is -0.396 e. The lowest BCUT2D eigenvalue weighted by Gasteiger charge is -2.23. The monoisotopic (exact) mass is 214 g/mol. The van der Waals surface area contributed by atoms with E-state index in [0.29, 0.717) is 12.3 Å². The van der Waals surface area contributed by atoms with E-state index in [1.807, 2.05) is 0 Å². The normalized spacial score (nSPS) is 23.1. The number of carbonyl (C=O) groups excluding carboxylic acids is 1. The van der Waals surface area contributed by atoms with Crippen LogP contribution in [-0.2, 0) is 4.79 Å². The zero-order valence-corrected chi connectivity index (χ0v) is 9.62. The summed E-state index contributed by atoms with van der Waals surface area (Å²) in [5.41, 5.74) is 0. The topological polar surface area (TPSA) is 61.4 Å². The van der Waals surface area contributed by atoms with Crippen LogP contribution in [0.1, 0.15) is 33.1 Å². The predicted molar refractivity (Wildman–Crippen MR) is 59.5 cm³/mol. The molecule has 1 amide bonds. The SMILES string of the molecule is CC(C)C(CCO)NC(=O)[C@@H]1CCCN1. The van der Waals surface area contributed by atoms with E-state index < -0.39 is 0 Å². The van der Waals surface area contributed by atoms with Gasteiger partial charge in [-0.2, -0.15) is 0 Å². The fourth-order valence-corrected chi connectivity index (χ4v) is 1.90. The Labute approximate surface area is 91.4 Å². The first kappa shape index (κ1) is 12.5. The lowest BCUT2D eigenvalue weighted by Crippen LogP contribution is -2.47. The van der Waals surface area contributed by atoms with E-state index in [0.717, 1.165) is 19.4 Å². The van der Waals surface area contributed by atoms with Gasteiger partial charge in [0.05, 0.1) is 6.04 Å². The molecule has 88 valence electrons. The second-order valence-electron chi connectivity index (χ2n) is 4.52. The molecule has 0 spiro atoms.